The van der Waals surface area contributed by atoms with Gasteiger partial charge >= 0.3 is 0 Å². The van der Waals surface area contributed by atoms with Crippen molar-refractivity contribution in [3.05, 3.63) is 84.0 Å². The van der Waals surface area contributed by atoms with Crippen LogP contribution in [0, 0.1) is 0 Å². The largest absolute Gasteiger partial charge is 0.383 e. The number of ketones is 1. The molecule has 0 bridgehead atoms. The van der Waals surface area contributed by atoms with Crippen molar-refractivity contribution < 1.29 is 13.5 Å². The molecule has 4 rings (SSSR count). The van der Waals surface area contributed by atoms with Gasteiger partial charge in [0.2, 0.25) is 5.78 Å². The van der Waals surface area contributed by atoms with E-state index < -0.39 is 11.6 Å². The smallest absolute Gasteiger partial charge is 0.215 e. The van der Waals surface area contributed by atoms with E-state index in [-0.39, 0.29) is 33.0 Å². The quantitative estimate of drug-likeness (QED) is 0.621. The minimum absolute atomic E-state index is 0. The van der Waals surface area contributed by atoms with Crippen molar-refractivity contribution in [2.45, 2.75) is 6.04 Å². The SMILES string of the molecule is C=C(F)c1ccc(N2CCNC(c3cccnc3)C2)nc1C(=O)c1cccnc1N.[HH].[HH].[HH]. The second-order valence-electron chi connectivity index (χ2n) is 6.97. The van der Waals surface area contributed by atoms with Crippen LogP contribution < -0.4 is 16.0 Å². The summed E-state index contributed by atoms with van der Waals surface area (Å²) < 4.78 is 14.1. The molecule has 3 aromatic heterocycles. The van der Waals surface area contributed by atoms with Gasteiger partial charge in [-0.05, 0) is 35.9 Å². The maximum absolute atomic E-state index is 14.1. The number of nitrogens with two attached hydrogens (primary N) is 1. The Labute approximate surface area is 177 Å². The molecule has 1 fully saturated rings. The van der Waals surface area contributed by atoms with Crippen LogP contribution in [0.3, 0.4) is 0 Å². The maximum atomic E-state index is 14.1. The minimum Gasteiger partial charge on any atom is -0.383 e. The number of carbonyl (C=O) groups is 1. The highest BCUT2D eigenvalue weighted by Crippen LogP contribution is 2.27. The highest BCUT2D eigenvalue weighted by atomic mass is 19.1. The van der Waals surface area contributed by atoms with Gasteiger partial charge in [0.1, 0.15) is 23.2 Å². The standard InChI is InChI=1S/C22H21FN6O.3H2/c1-14(23)16-6-7-19(28-20(16)21(30)17-5-3-9-27-22(17)24)29-11-10-26-18(13-29)15-4-2-8-25-12-15;;;/h2-9,12,18,26H,1,10-11,13H2,(H2,24,27);3*1H. The third-order valence-electron chi connectivity index (χ3n) is 5.06. The van der Waals surface area contributed by atoms with E-state index in [0.29, 0.717) is 18.9 Å². The molecule has 8 heteroatoms. The van der Waals surface area contributed by atoms with Gasteiger partial charge in [-0.3, -0.25) is 9.78 Å². The molecular formula is C22H27FN6O. The molecule has 1 unspecified atom stereocenters. The lowest BCUT2D eigenvalue weighted by Gasteiger charge is -2.34. The van der Waals surface area contributed by atoms with Crippen LogP contribution in [-0.2, 0) is 0 Å². The summed E-state index contributed by atoms with van der Waals surface area (Å²) in [6.45, 7) is 5.41. The number of piperazine rings is 1. The molecule has 158 valence electrons. The molecule has 0 radical (unpaired) electrons. The van der Waals surface area contributed by atoms with Crippen LogP contribution in [0.5, 0.6) is 0 Å². The molecule has 3 aromatic rings. The van der Waals surface area contributed by atoms with E-state index in [1.54, 1.807) is 24.4 Å². The Kier molecular flexibility index (Phi) is 5.49. The summed E-state index contributed by atoms with van der Waals surface area (Å²) in [5.41, 5.74) is 7.11. The van der Waals surface area contributed by atoms with Crippen LogP contribution in [0.15, 0.2) is 61.6 Å². The third-order valence-corrected chi connectivity index (χ3v) is 5.06. The molecule has 3 N–H and O–H groups in total. The van der Waals surface area contributed by atoms with E-state index >= 15 is 0 Å². The first-order valence-corrected chi connectivity index (χ1v) is 9.54. The summed E-state index contributed by atoms with van der Waals surface area (Å²) in [6.07, 6.45) is 5.05. The molecule has 7 nitrogen and oxygen atoms in total. The first-order chi connectivity index (χ1) is 14.5. The van der Waals surface area contributed by atoms with Gasteiger partial charge in [0.05, 0.1) is 11.6 Å². The first kappa shape index (κ1) is 19.7. The summed E-state index contributed by atoms with van der Waals surface area (Å²) >= 11 is 0. The predicted molar refractivity (Wildman–Crippen MR) is 120 cm³/mol. The van der Waals surface area contributed by atoms with Gasteiger partial charge in [0.25, 0.3) is 0 Å². The lowest BCUT2D eigenvalue weighted by atomic mass is 10.0. The number of anilines is 2. The topological polar surface area (TPSA) is 97.0 Å². The number of carbonyl (C=O) groups excluding carboxylic acids is 1. The number of nitrogens with zero attached hydrogens (tertiary/aromatic N) is 4. The fourth-order valence-corrected chi connectivity index (χ4v) is 3.52. The van der Waals surface area contributed by atoms with Gasteiger partial charge in [0, 0.05) is 48.1 Å². The van der Waals surface area contributed by atoms with Crippen molar-refractivity contribution in [1.29, 1.82) is 0 Å². The van der Waals surface area contributed by atoms with E-state index in [0.717, 1.165) is 12.1 Å². The molecule has 1 aliphatic rings. The Balaban J connectivity index is 0.00000181. The lowest BCUT2D eigenvalue weighted by Crippen LogP contribution is -2.46. The molecule has 1 saturated heterocycles. The number of rotatable bonds is 5. The van der Waals surface area contributed by atoms with Crippen molar-refractivity contribution in [2.24, 2.45) is 0 Å². The van der Waals surface area contributed by atoms with Gasteiger partial charge in [-0.1, -0.05) is 12.6 Å². The average Bonchev–Trinajstić information content (AvgIpc) is 2.79. The highest BCUT2D eigenvalue weighted by molar-refractivity contribution is 6.12. The zero-order valence-electron chi connectivity index (χ0n) is 16.3. The Morgan fingerprint density at radius 2 is 2.07 bits per heavy atom. The first-order valence-electron chi connectivity index (χ1n) is 9.54. The van der Waals surface area contributed by atoms with Gasteiger partial charge in [0.15, 0.2) is 0 Å². The molecule has 30 heavy (non-hydrogen) atoms. The van der Waals surface area contributed by atoms with E-state index in [1.807, 2.05) is 18.3 Å². The lowest BCUT2D eigenvalue weighted by molar-refractivity contribution is 0.103. The number of hydrogen-bond acceptors (Lipinski definition) is 7. The van der Waals surface area contributed by atoms with E-state index in [2.05, 4.69) is 31.7 Å². The van der Waals surface area contributed by atoms with Crippen LogP contribution >= 0.6 is 0 Å². The molecule has 0 amide bonds. The summed E-state index contributed by atoms with van der Waals surface area (Å²) in [6, 6.07) is 10.4. The molecule has 4 heterocycles. The van der Waals surface area contributed by atoms with Gasteiger partial charge < -0.3 is 16.0 Å². The molecule has 0 spiro atoms. The molecule has 0 aromatic carbocycles. The molecule has 1 atom stereocenters. The minimum atomic E-state index is -0.728. The third kappa shape index (κ3) is 3.90. The fourth-order valence-electron chi connectivity index (χ4n) is 3.52. The number of pyridine rings is 3. The van der Waals surface area contributed by atoms with Crippen LogP contribution in [0.1, 0.15) is 37.5 Å². The van der Waals surface area contributed by atoms with Crippen molar-refractivity contribution in [2.75, 3.05) is 30.3 Å². The second-order valence-corrected chi connectivity index (χ2v) is 6.97. The summed E-state index contributed by atoms with van der Waals surface area (Å²) in [7, 11) is 0. The number of hydrogen-bond donors (Lipinski definition) is 2. The zero-order valence-corrected chi connectivity index (χ0v) is 16.3. The van der Waals surface area contributed by atoms with E-state index in [1.165, 1.54) is 12.3 Å². The van der Waals surface area contributed by atoms with Crippen LogP contribution in [0.2, 0.25) is 0 Å². The Morgan fingerprint density at radius 1 is 1.23 bits per heavy atom. The normalized spacial score (nSPS) is 16.3. The van der Waals surface area contributed by atoms with Crippen LogP contribution in [0.4, 0.5) is 16.0 Å². The summed E-state index contributed by atoms with van der Waals surface area (Å²) in [5.74, 6) is -0.561. The zero-order chi connectivity index (χ0) is 21.1. The monoisotopic (exact) mass is 410 g/mol. The van der Waals surface area contributed by atoms with Crippen molar-refractivity contribution in [1.82, 2.24) is 20.3 Å². The van der Waals surface area contributed by atoms with Gasteiger partial charge in [-0.25, -0.2) is 14.4 Å². The second kappa shape index (κ2) is 8.38. The van der Waals surface area contributed by atoms with Crippen LogP contribution in [-0.4, -0.2) is 40.4 Å². The van der Waals surface area contributed by atoms with Crippen molar-refractivity contribution in [3.63, 3.8) is 0 Å². The average molecular weight is 410 g/mol. The number of nitrogen functional groups attached to an aromatic ring is 1. The van der Waals surface area contributed by atoms with E-state index in [9.17, 15) is 9.18 Å². The van der Waals surface area contributed by atoms with E-state index in [4.69, 9.17) is 5.73 Å². The Morgan fingerprint density at radius 3 is 2.80 bits per heavy atom. The summed E-state index contributed by atoms with van der Waals surface area (Å²) in [5, 5.41) is 3.46. The number of aromatic nitrogens is 3. The highest BCUT2D eigenvalue weighted by Gasteiger charge is 2.25. The maximum Gasteiger partial charge on any atom is 0.215 e. The molecule has 0 saturated carbocycles. The predicted octanol–water partition coefficient (Wildman–Crippen LogP) is 3.51. The Bertz CT molecular complexity index is 1100. The van der Waals surface area contributed by atoms with Crippen molar-refractivity contribution >= 4 is 23.2 Å². The Hall–Kier alpha value is -3.65. The summed E-state index contributed by atoms with van der Waals surface area (Å²) in [4.78, 5) is 27.8. The fraction of sp³-hybridized carbons (Fsp3) is 0.182. The molecular weight excluding hydrogens is 383 g/mol. The van der Waals surface area contributed by atoms with Crippen LogP contribution in [0.25, 0.3) is 5.83 Å². The molecule has 0 aliphatic carbocycles. The number of nitrogens with one attached hydrogen (secondary N) is 1. The van der Waals surface area contributed by atoms with Gasteiger partial charge in [-0.2, -0.15) is 0 Å². The number of halogens is 1. The van der Waals surface area contributed by atoms with Gasteiger partial charge in [-0.15, -0.1) is 0 Å². The van der Waals surface area contributed by atoms with Crippen molar-refractivity contribution in [3.8, 4) is 0 Å². The molecule has 1 aliphatic heterocycles.